The molecule has 1 aromatic heterocycles. The molecule has 0 unspecified atom stereocenters. The van der Waals surface area contributed by atoms with Crippen molar-refractivity contribution in [2.45, 2.75) is 31.7 Å². The Balaban J connectivity index is 1.48. The van der Waals surface area contributed by atoms with E-state index in [4.69, 9.17) is 9.72 Å². The van der Waals surface area contributed by atoms with Crippen LogP contribution < -0.4 is 0 Å². The molecule has 1 fully saturated rings. The zero-order chi connectivity index (χ0) is 15.5. The highest BCUT2D eigenvalue weighted by Gasteiger charge is 2.25. The molecule has 22 heavy (non-hydrogen) atoms. The summed E-state index contributed by atoms with van der Waals surface area (Å²) in [7, 11) is 1.73. The zero-order valence-corrected chi connectivity index (χ0v) is 15.1. The summed E-state index contributed by atoms with van der Waals surface area (Å²) in [6.07, 6.45) is 0.0926. The Labute approximate surface area is 140 Å². The van der Waals surface area contributed by atoms with Gasteiger partial charge < -0.3 is 9.64 Å². The molecule has 0 aromatic carbocycles. The highest BCUT2D eigenvalue weighted by Crippen LogP contribution is 2.24. The van der Waals surface area contributed by atoms with Crippen LogP contribution >= 0.6 is 23.1 Å². The maximum atomic E-state index is 5.33. The van der Waals surface area contributed by atoms with Crippen molar-refractivity contribution >= 4 is 28.3 Å². The molecule has 7 heteroatoms. The van der Waals surface area contributed by atoms with Crippen LogP contribution in [-0.4, -0.2) is 65.0 Å². The van der Waals surface area contributed by atoms with Crippen LogP contribution in [0.2, 0.25) is 0 Å². The van der Waals surface area contributed by atoms with Crippen LogP contribution in [0, 0.1) is 0 Å². The number of hydrogen-bond acceptors (Lipinski definition) is 7. The number of nitrogens with zero attached hydrogens (tertiary/aromatic N) is 4. The van der Waals surface area contributed by atoms with Crippen molar-refractivity contribution in [3.05, 3.63) is 16.1 Å². The minimum Gasteiger partial charge on any atom is -0.375 e. The largest absolute Gasteiger partial charge is 0.375 e. The number of methoxy groups -OCH3 is 1. The number of aromatic nitrogens is 1. The van der Waals surface area contributed by atoms with E-state index < -0.39 is 0 Å². The maximum absolute atomic E-state index is 5.33. The summed E-state index contributed by atoms with van der Waals surface area (Å²) in [6.45, 7) is 10.5. The van der Waals surface area contributed by atoms with Crippen molar-refractivity contribution in [1.82, 2.24) is 14.8 Å². The third kappa shape index (κ3) is 3.82. The molecule has 3 heterocycles. The van der Waals surface area contributed by atoms with E-state index in [1.54, 1.807) is 18.4 Å². The minimum atomic E-state index is 0.0926. The van der Waals surface area contributed by atoms with Gasteiger partial charge in [0.2, 0.25) is 0 Å². The van der Waals surface area contributed by atoms with E-state index in [2.05, 4.69) is 27.1 Å². The smallest absolute Gasteiger partial charge is 0.159 e. The molecule has 0 amide bonds. The molecule has 3 rings (SSSR count). The average molecular weight is 341 g/mol. The lowest BCUT2D eigenvalue weighted by Crippen LogP contribution is -2.47. The second kappa shape index (κ2) is 7.29. The number of piperazine rings is 1. The topological polar surface area (TPSA) is 41.0 Å². The van der Waals surface area contributed by atoms with Crippen molar-refractivity contribution in [1.29, 1.82) is 0 Å². The van der Waals surface area contributed by atoms with Crippen LogP contribution in [0.3, 0.4) is 0 Å². The zero-order valence-electron chi connectivity index (χ0n) is 13.5. The number of thioether (sulfide) groups is 1. The van der Waals surface area contributed by atoms with Gasteiger partial charge in [-0.05, 0) is 6.92 Å². The second-order valence-corrected chi connectivity index (χ2v) is 8.17. The molecule has 1 aromatic rings. The summed E-state index contributed by atoms with van der Waals surface area (Å²) in [5.41, 5.74) is 1.17. The first-order valence-electron chi connectivity index (χ1n) is 7.81. The molecule has 0 spiro atoms. The number of ether oxygens (including phenoxy) is 1. The third-order valence-corrected chi connectivity index (χ3v) is 6.29. The summed E-state index contributed by atoms with van der Waals surface area (Å²) in [5.74, 6) is 0. The molecule has 2 aliphatic rings. The van der Waals surface area contributed by atoms with Crippen molar-refractivity contribution < 1.29 is 4.74 Å². The van der Waals surface area contributed by atoms with Gasteiger partial charge in [0, 0.05) is 50.5 Å². The van der Waals surface area contributed by atoms with Crippen LogP contribution in [0.25, 0.3) is 0 Å². The van der Waals surface area contributed by atoms with Gasteiger partial charge in [-0.25, -0.2) is 4.98 Å². The van der Waals surface area contributed by atoms with E-state index in [0.29, 0.717) is 5.25 Å². The number of amidine groups is 1. The van der Waals surface area contributed by atoms with Gasteiger partial charge in [-0.2, -0.15) is 0 Å². The molecule has 0 N–H and O–H groups in total. The van der Waals surface area contributed by atoms with Gasteiger partial charge >= 0.3 is 0 Å². The molecule has 122 valence electrons. The number of aliphatic imine (C=N–C) groups is 1. The van der Waals surface area contributed by atoms with E-state index in [0.717, 1.165) is 44.3 Å². The van der Waals surface area contributed by atoms with Gasteiger partial charge in [0.15, 0.2) is 5.17 Å². The van der Waals surface area contributed by atoms with Crippen LogP contribution in [0.5, 0.6) is 0 Å². The minimum absolute atomic E-state index is 0.0926. The lowest BCUT2D eigenvalue weighted by atomic mass is 10.3. The summed E-state index contributed by atoms with van der Waals surface area (Å²) in [4.78, 5) is 14.3. The van der Waals surface area contributed by atoms with Gasteiger partial charge in [0.1, 0.15) is 11.1 Å². The molecule has 5 nitrogen and oxygen atoms in total. The Hall–Kier alpha value is -0.630. The lowest BCUT2D eigenvalue weighted by molar-refractivity contribution is 0.119. The predicted molar refractivity (Wildman–Crippen MR) is 93.7 cm³/mol. The van der Waals surface area contributed by atoms with Crippen molar-refractivity contribution in [2.75, 3.05) is 39.8 Å². The molecule has 0 saturated carbocycles. The van der Waals surface area contributed by atoms with E-state index in [-0.39, 0.29) is 6.10 Å². The first kappa shape index (κ1) is 16.2. The van der Waals surface area contributed by atoms with Crippen LogP contribution in [-0.2, 0) is 11.3 Å². The van der Waals surface area contributed by atoms with E-state index in [1.165, 1.54) is 10.9 Å². The maximum Gasteiger partial charge on any atom is 0.159 e. The third-order valence-electron chi connectivity index (χ3n) is 4.09. The molecular weight excluding hydrogens is 316 g/mol. The summed E-state index contributed by atoms with van der Waals surface area (Å²) in [5, 5.41) is 5.12. The number of thiazole rings is 1. The first-order valence-corrected chi connectivity index (χ1v) is 9.57. The number of hydrogen-bond donors (Lipinski definition) is 0. The van der Waals surface area contributed by atoms with Gasteiger partial charge in [-0.3, -0.25) is 9.89 Å². The molecule has 2 atom stereocenters. The Kier molecular flexibility index (Phi) is 5.38. The van der Waals surface area contributed by atoms with Gasteiger partial charge in [-0.15, -0.1) is 11.3 Å². The lowest BCUT2D eigenvalue weighted by Gasteiger charge is -2.35. The summed E-state index contributed by atoms with van der Waals surface area (Å²) >= 11 is 3.62. The summed E-state index contributed by atoms with van der Waals surface area (Å²) in [6, 6.07) is 0. The second-order valence-electron chi connectivity index (χ2n) is 5.87. The predicted octanol–water partition coefficient (Wildman–Crippen LogP) is 2.46. The van der Waals surface area contributed by atoms with Crippen molar-refractivity contribution in [2.24, 2.45) is 4.99 Å². The SMILES string of the molecule is CO[C@@H](C)c1nc(CN2CCN(C3=NC[C@H](C)S3)CC2)cs1. The number of rotatable bonds is 4. The molecule has 0 aliphatic carbocycles. The van der Waals surface area contributed by atoms with Crippen LogP contribution in [0.15, 0.2) is 10.4 Å². The van der Waals surface area contributed by atoms with Gasteiger partial charge in [0.05, 0.1) is 12.2 Å². The van der Waals surface area contributed by atoms with Crippen LogP contribution in [0.4, 0.5) is 0 Å². The fraction of sp³-hybridized carbons (Fsp3) is 0.733. The quantitative estimate of drug-likeness (QED) is 0.842. The van der Waals surface area contributed by atoms with E-state index in [1.807, 2.05) is 18.7 Å². The molecule has 0 radical (unpaired) electrons. The van der Waals surface area contributed by atoms with Gasteiger partial charge in [-0.1, -0.05) is 18.7 Å². The van der Waals surface area contributed by atoms with E-state index >= 15 is 0 Å². The fourth-order valence-electron chi connectivity index (χ4n) is 2.64. The Bertz CT molecular complexity index is 525. The monoisotopic (exact) mass is 340 g/mol. The van der Waals surface area contributed by atoms with Crippen LogP contribution in [0.1, 0.15) is 30.7 Å². The summed E-state index contributed by atoms with van der Waals surface area (Å²) < 4.78 is 5.33. The van der Waals surface area contributed by atoms with Crippen molar-refractivity contribution in [3.63, 3.8) is 0 Å². The fourth-order valence-corrected chi connectivity index (χ4v) is 4.48. The Morgan fingerprint density at radius 2 is 2.14 bits per heavy atom. The first-order chi connectivity index (χ1) is 10.7. The average Bonchev–Trinajstić information content (AvgIpc) is 3.16. The Morgan fingerprint density at radius 3 is 2.77 bits per heavy atom. The standard InChI is InChI=1S/C15H24N4OS2/c1-11-8-16-15(22-11)19-6-4-18(5-7-19)9-13-10-21-14(17-13)12(2)20-3/h10-12H,4-9H2,1-3H3/t11-,12-/m0/s1. The highest BCUT2D eigenvalue weighted by molar-refractivity contribution is 8.14. The molecule has 1 saturated heterocycles. The van der Waals surface area contributed by atoms with Crippen molar-refractivity contribution in [3.8, 4) is 0 Å². The highest BCUT2D eigenvalue weighted by atomic mass is 32.2. The Morgan fingerprint density at radius 1 is 1.36 bits per heavy atom. The molecular formula is C15H24N4OS2. The van der Waals surface area contributed by atoms with E-state index in [9.17, 15) is 0 Å². The normalized spacial score (nSPS) is 24.6. The molecule has 0 bridgehead atoms. The van der Waals surface area contributed by atoms with Gasteiger partial charge in [0.25, 0.3) is 0 Å². The molecule has 2 aliphatic heterocycles.